The molecule has 0 aliphatic heterocycles. The third-order valence-corrected chi connectivity index (χ3v) is 1.93. The van der Waals surface area contributed by atoms with Gasteiger partial charge in [-0.05, 0) is 13.8 Å². The van der Waals surface area contributed by atoms with Gasteiger partial charge in [-0.3, -0.25) is 4.68 Å². The van der Waals surface area contributed by atoms with Crippen molar-refractivity contribution in [3.05, 3.63) is 12.0 Å². The number of nitrogens with zero attached hydrogens (tertiary/aromatic N) is 3. The standard InChI is InChI=1S/C8H14FN3/c1-4-12(5-2)8-7(9)6-10-11(8)3/h6H,4-5H2,1-3H3. The third-order valence-electron chi connectivity index (χ3n) is 1.93. The molecule has 0 aromatic carbocycles. The Morgan fingerprint density at radius 1 is 1.50 bits per heavy atom. The molecule has 0 aliphatic carbocycles. The number of aromatic nitrogens is 2. The zero-order chi connectivity index (χ0) is 9.14. The first-order chi connectivity index (χ1) is 5.70. The minimum atomic E-state index is -0.249. The van der Waals surface area contributed by atoms with Crippen molar-refractivity contribution in [2.24, 2.45) is 7.05 Å². The first-order valence-electron chi connectivity index (χ1n) is 4.13. The maximum Gasteiger partial charge on any atom is 0.185 e. The van der Waals surface area contributed by atoms with Crippen LogP contribution < -0.4 is 4.90 Å². The number of anilines is 1. The molecule has 68 valence electrons. The molecule has 0 saturated carbocycles. The molecule has 4 heteroatoms. The van der Waals surface area contributed by atoms with E-state index in [-0.39, 0.29) is 5.82 Å². The van der Waals surface area contributed by atoms with Gasteiger partial charge in [0.15, 0.2) is 11.6 Å². The SMILES string of the molecule is CCN(CC)c1c(F)cnn1C. The normalized spacial score (nSPS) is 10.3. The quantitative estimate of drug-likeness (QED) is 0.685. The average Bonchev–Trinajstić information content (AvgIpc) is 2.38. The number of hydrogen-bond acceptors (Lipinski definition) is 2. The highest BCUT2D eigenvalue weighted by Crippen LogP contribution is 2.16. The minimum absolute atomic E-state index is 0.249. The van der Waals surface area contributed by atoms with Crippen molar-refractivity contribution in [2.75, 3.05) is 18.0 Å². The van der Waals surface area contributed by atoms with Gasteiger partial charge in [0.05, 0.1) is 6.20 Å². The van der Waals surface area contributed by atoms with Crippen LogP contribution in [0.25, 0.3) is 0 Å². The highest BCUT2D eigenvalue weighted by molar-refractivity contribution is 5.39. The summed E-state index contributed by atoms with van der Waals surface area (Å²) in [5.74, 6) is 0.321. The predicted octanol–water partition coefficient (Wildman–Crippen LogP) is 1.41. The van der Waals surface area contributed by atoms with Crippen molar-refractivity contribution in [3.8, 4) is 0 Å². The van der Waals surface area contributed by atoms with E-state index in [4.69, 9.17) is 0 Å². The first kappa shape index (κ1) is 9.03. The second-order valence-electron chi connectivity index (χ2n) is 2.61. The topological polar surface area (TPSA) is 21.1 Å². The van der Waals surface area contributed by atoms with Crippen LogP contribution in [0, 0.1) is 5.82 Å². The van der Waals surface area contributed by atoms with E-state index in [9.17, 15) is 4.39 Å². The average molecular weight is 171 g/mol. The van der Waals surface area contributed by atoms with Crippen LogP contribution in [0.2, 0.25) is 0 Å². The van der Waals surface area contributed by atoms with Crippen LogP contribution in [0.15, 0.2) is 6.20 Å². The maximum absolute atomic E-state index is 13.1. The van der Waals surface area contributed by atoms with Crippen LogP contribution in [0.5, 0.6) is 0 Å². The van der Waals surface area contributed by atoms with E-state index in [1.54, 1.807) is 11.7 Å². The van der Waals surface area contributed by atoms with Crippen LogP contribution in [0.3, 0.4) is 0 Å². The zero-order valence-corrected chi connectivity index (χ0v) is 7.71. The molecule has 0 radical (unpaired) electrons. The summed E-state index contributed by atoms with van der Waals surface area (Å²) >= 11 is 0. The maximum atomic E-state index is 13.1. The monoisotopic (exact) mass is 171 g/mol. The van der Waals surface area contributed by atoms with E-state index < -0.39 is 0 Å². The van der Waals surface area contributed by atoms with Crippen LogP contribution >= 0.6 is 0 Å². The summed E-state index contributed by atoms with van der Waals surface area (Å²) in [5.41, 5.74) is 0. The van der Waals surface area contributed by atoms with Crippen LogP contribution in [-0.4, -0.2) is 22.9 Å². The molecule has 3 nitrogen and oxygen atoms in total. The van der Waals surface area contributed by atoms with E-state index in [0.717, 1.165) is 13.1 Å². The van der Waals surface area contributed by atoms with Gasteiger partial charge in [-0.15, -0.1) is 0 Å². The molecule has 0 N–H and O–H groups in total. The van der Waals surface area contributed by atoms with Crippen LogP contribution in [-0.2, 0) is 7.05 Å². The lowest BCUT2D eigenvalue weighted by Gasteiger charge is -2.20. The lowest BCUT2D eigenvalue weighted by atomic mass is 10.4. The van der Waals surface area contributed by atoms with Gasteiger partial charge in [0.1, 0.15) is 0 Å². The fraction of sp³-hybridized carbons (Fsp3) is 0.625. The van der Waals surface area contributed by atoms with Gasteiger partial charge >= 0.3 is 0 Å². The number of hydrogen-bond donors (Lipinski definition) is 0. The molecule has 1 aromatic rings. The van der Waals surface area contributed by atoms with E-state index in [2.05, 4.69) is 5.10 Å². The van der Waals surface area contributed by atoms with Gasteiger partial charge in [-0.25, -0.2) is 4.39 Å². The van der Waals surface area contributed by atoms with Crippen molar-refractivity contribution in [1.29, 1.82) is 0 Å². The van der Waals surface area contributed by atoms with E-state index in [1.807, 2.05) is 18.7 Å². The molecule has 1 rings (SSSR count). The van der Waals surface area contributed by atoms with Gasteiger partial charge in [0.2, 0.25) is 0 Å². The number of halogens is 1. The van der Waals surface area contributed by atoms with E-state index in [1.165, 1.54) is 6.20 Å². The molecular weight excluding hydrogens is 157 g/mol. The van der Waals surface area contributed by atoms with Gasteiger partial charge in [0, 0.05) is 20.1 Å². The first-order valence-corrected chi connectivity index (χ1v) is 4.13. The summed E-state index contributed by atoms with van der Waals surface area (Å²) in [4.78, 5) is 1.93. The second-order valence-corrected chi connectivity index (χ2v) is 2.61. The molecule has 0 bridgehead atoms. The summed E-state index contributed by atoms with van der Waals surface area (Å²) in [6, 6.07) is 0. The summed E-state index contributed by atoms with van der Waals surface area (Å²) < 4.78 is 14.7. The summed E-state index contributed by atoms with van der Waals surface area (Å²) in [7, 11) is 1.75. The van der Waals surface area contributed by atoms with E-state index >= 15 is 0 Å². The number of rotatable bonds is 3. The van der Waals surface area contributed by atoms with Gasteiger partial charge in [0.25, 0.3) is 0 Å². The van der Waals surface area contributed by atoms with Gasteiger partial charge in [-0.2, -0.15) is 5.10 Å². The molecule has 0 spiro atoms. The summed E-state index contributed by atoms with van der Waals surface area (Å²) in [5, 5.41) is 3.83. The molecule has 0 amide bonds. The summed E-state index contributed by atoms with van der Waals surface area (Å²) in [6.07, 6.45) is 1.24. The van der Waals surface area contributed by atoms with Crippen molar-refractivity contribution in [2.45, 2.75) is 13.8 Å². The molecule has 12 heavy (non-hydrogen) atoms. The zero-order valence-electron chi connectivity index (χ0n) is 7.71. The smallest absolute Gasteiger partial charge is 0.185 e. The Balaban J connectivity index is 2.98. The lowest BCUT2D eigenvalue weighted by Crippen LogP contribution is -2.25. The molecule has 1 heterocycles. The summed E-state index contributed by atoms with van der Waals surface area (Å²) in [6.45, 7) is 5.59. The van der Waals surface area contributed by atoms with Gasteiger partial charge < -0.3 is 4.90 Å². The largest absolute Gasteiger partial charge is 0.355 e. The predicted molar refractivity (Wildman–Crippen MR) is 46.7 cm³/mol. The Kier molecular flexibility index (Phi) is 2.68. The molecule has 0 aliphatic rings. The Labute approximate surface area is 71.8 Å². The molecule has 0 unspecified atom stereocenters. The van der Waals surface area contributed by atoms with Crippen molar-refractivity contribution < 1.29 is 4.39 Å². The fourth-order valence-electron chi connectivity index (χ4n) is 1.28. The van der Waals surface area contributed by atoms with Crippen molar-refractivity contribution >= 4 is 5.82 Å². The number of aryl methyl sites for hydroxylation is 1. The van der Waals surface area contributed by atoms with Crippen molar-refractivity contribution in [1.82, 2.24) is 9.78 Å². The van der Waals surface area contributed by atoms with Crippen LogP contribution in [0.1, 0.15) is 13.8 Å². The molecule has 1 aromatic heterocycles. The van der Waals surface area contributed by atoms with Gasteiger partial charge in [-0.1, -0.05) is 0 Å². The third kappa shape index (κ3) is 1.42. The molecule has 0 fully saturated rings. The molecule has 0 atom stereocenters. The highest BCUT2D eigenvalue weighted by Gasteiger charge is 2.12. The minimum Gasteiger partial charge on any atom is -0.355 e. The van der Waals surface area contributed by atoms with E-state index in [0.29, 0.717) is 5.82 Å². The Hall–Kier alpha value is -1.06. The van der Waals surface area contributed by atoms with Crippen LogP contribution in [0.4, 0.5) is 10.2 Å². The molecule has 0 saturated heterocycles. The fourth-order valence-corrected chi connectivity index (χ4v) is 1.28. The molecular formula is C8H14FN3. The van der Waals surface area contributed by atoms with Crippen molar-refractivity contribution in [3.63, 3.8) is 0 Å². The Bertz CT molecular complexity index is 233. The highest BCUT2D eigenvalue weighted by atomic mass is 19.1. The lowest BCUT2D eigenvalue weighted by molar-refractivity contribution is 0.613. The Morgan fingerprint density at radius 3 is 2.42 bits per heavy atom. The second kappa shape index (κ2) is 3.56. The Morgan fingerprint density at radius 2 is 2.08 bits per heavy atom.